The number of methoxy groups -OCH3 is 2. The Morgan fingerprint density at radius 1 is 1.05 bits per heavy atom. The standard InChI is InChI=1S/C30H36N2O7Si/c1-19-27(40(4,5)36)25(14-16-33)39-30(19)23-17-22(37-2)12-13-24(23)32(29(30)35)18-20-8-10-21(11-9-20)31-15-6-7-26(38-3)28(31)34/h6-13,15,17,19,25,27,33,36H,14,16,18H2,1-5H3/t19-,25+,27-,30+/m1/s1. The van der Waals surface area contributed by atoms with Gasteiger partial charge in [-0.05, 0) is 67.5 Å². The van der Waals surface area contributed by atoms with E-state index in [4.69, 9.17) is 14.2 Å². The first-order valence-corrected chi connectivity index (χ1v) is 16.5. The number of amides is 1. The first kappa shape index (κ1) is 28.1. The van der Waals surface area contributed by atoms with Crippen molar-refractivity contribution in [1.29, 1.82) is 0 Å². The summed E-state index contributed by atoms with van der Waals surface area (Å²) in [6.07, 6.45) is 1.57. The van der Waals surface area contributed by atoms with E-state index in [0.29, 0.717) is 30.0 Å². The van der Waals surface area contributed by atoms with E-state index in [9.17, 15) is 19.5 Å². The zero-order chi connectivity index (χ0) is 28.8. The van der Waals surface area contributed by atoms with Gasteiger partial charge in [0, 0.05) is 35.5 Å². The smallest absolute Gasteiger partial charge is 0.297 e. The van der Waals surface area contributed by atoms with Crippen LogP contribution in [-0.2, 0) is 21.7 Å². The fraction of sp³-hybridized carbons (Fsp3) is 0.400. The molecule has 0 unspecified atom stereocenters. The minimum Gasteiger partial charge on any atom is -0.497 e. The average Bonchev–Trinajstić information content (AvgIpc) is 3.36. The molecule has 2 aromatic carbocycles. The van der Waals surface area contributed by atoms with Crippen LogP contribution in [0.1, 0.15) is 24.5 Å². The van der Waals surface area contributed by atoms with E-state index in [-0.39, 0.29) is 35.3 Å². The van der Waals surface area contributed by atoms with Gasteiger partial charge in [-0.3, -0.25) is 14.2 Å². The van der Waals surface area contributed by atoms with Gasteiger partial charge in [0.05, 0.1) is 32.6 Å². The zero-order valence-corrected chi connectivity index (χ0v) is 24.5. The Morgan fingerprint density at radius 3 is 2.40 bits per heavy atom. The molecule has 40 heavy (non-hydrogen) atoms. The van der Waals surface area contributed by atoms with Crippen molar-refractivity contribution in [3.8, 4) is 17.2 Å². The van der Waals surface area contributed by atoms with Crippen LogP contribution >= 0.6 is 0 Å². The highest BCUT2D eigenvalue weighted by atomic mass is 28.4. The Bertz CT molecular complexity index is 1470. The normalized spacial score (nSPS) is 24.0. The number of hydrogen-bond donors (Lipinski definition) is 2. The number of nitrogens with zero attached hydrogens (tertiary/aromatic N) is 2. The van der Waals surface area contributed by atoms with Crippen molar-refractivity contribution in [2.24, 2.45) is 5.92 Å². The van der Waals surface area contributed by atoms with Crippen molar-refractivity contribution >= 4 is 19.9 Å². The van der Waals surface area contributed by atoms with E-state index in [1.165, 1.54) is 11.7 Å². The Kier molecular flexibility index (Phi) is 7.38. The molecule has 3 aromatic rings. The van der Waals surface area contributed by atoms with Gasteiger partial charge in [0.2, 0.25) is 0 Å². The van der Waals surface area contributed by atoms with Crippen molar-refractivity contribution in [3.63, 3.8) is 0 Å². The molecule has 2 aliphatic heterocycles. The van der Waals surface area contributed by atoms with Gasteiger partial charge in [0.1, 0.15) is 5.75 Å². The lowest BCUT2D eigenvalue weighted by Gasteiger charge is -2.32. The number of ether oxygens (including phenoxy) is 3. The molecule has 3 heterocycles. The molecular weight excluding hydrogens is 528 g/mol. The Hall–Kier alpha value is -3.44. The molecular formula is C30H36N2O7Si. The molecule has 0 saturated carbocycles. The van der Waals surface area contributed by atoms with Gasteiger partial charge in [-0.15, -0.1) is 0 Å². The second kappa shape index (κ2) is 10.5. The van der Waals surface area contributed by atoms with Crippen LogP contribution in [-0.4, -0.2) is 55.6 Å². The van der Waals surface area contributed by atoms with Crippen molar-refractivity contribution < 1.29 is 28.9 Å². The molecule has 2 N–H and O–H groups in total. The number of hydrogen-bond acceptors (Lipinski definition) is 7. The van der Waals surface area contributed by atoms with Crippen LogP contribution in [0.25, 0.3) is 5.69 Å². The zero-order valence-electron chi connectivity index (χ0n) is 23.5. The molecule has 1 fully saturated rings. The summed E-state index contributed by atoms with van der Waals surface area (Å²) in [5, 5.41) is 9.78. The topological polar surface area (TPSA) is 110 Å². The summed E-state index contributed by atoms with van der Waals surface area (Å²) in [7, 11) is 0.269. The van der Waals surface area contributed by atoms with Crippen LogP contribution in [0.4, 0.5) is 5.69 Å². The maximum atomic E-state index is 14.4. The highest BCUT2D eigenvalue weighted by Gasteiger charge is 2.66. The van der Waals surface area contributed by atoms with Crippen LogP contribution in [0.5, 0.6) is 11.5 Å². The third kappa shape index (κ3) is 4.45. The maximum Gasteiger partial charge on any atom is 0.297 e. The van der Waals surface area contributed by atoms with Gasteiger partial charge >= 0.3 is 0 Å². The minimum absolute atomic E-state index is 0.0972. The van der Waals surface area contributed by atoms with Crippen molar-refractivity contribution in [2.75, 3.05) is 25.7 Å². The second-order valence-corrected chi connectivity index (χ2v) is 15.0. The van der Waals surface area contributed by atoms with Crippen LogP contribution < -0.4 is 19.9 Å². The number of benzene rings is 2. The monoisotopic (exact) mass is 564 g/mol. The molecule has 10 heteroatoms. The van der Waals surface area contributed by atoms with E-state index in [1.807, 2.05) is 62.5 Å². The van der Waals surface area contributed by atoms with Crippen LogP contribution in [0, 0.1) is 5.92 Å². The number of fused-ring (bicyclic) bond motifs is 2. The van der Waals surface area contributed by atoms with Gasteiger partial charge in [0.25, 0.3) is 11.5 Å². The van der Waals surface area contributed by atoms with Gasteiger partial charge in [-0.25, -0.2) is 0 Å². The summed E-state index contributed by atoms with van der Waals surface area (Å²) >= 11 is 0. The molecule has 1 saturated heterocycles. The van der Waals surface area contributed by atoms with Crippen molar-refractivity contribution in [1.82, 2.24) is 4.57 Å². The quantitative estimate of drug-likeness (QED) is 0.403. The second-order valence-electron chi connectivity index (χ2n) is 11.1. The van der Waals surface area contributed by atoms with Gasteiger partial charge in [-0.2, -0.15) is 0 Å². The number of carbonyl (C=O) groups excluding carboxylic acids is 1. The molecule has 5 rings (SSSR count). The van der Waals surface area contributed by atoms with E-state index in [0.717, 1.165) is 11.3 Å². The largest absolute Gasteiger partial charge is 0.497 e. The average molecular weight is 565 g/mol. The predicted molar refractivity (Wildman–Crippen MR) is 154 cm³/mol. The first-order chi connectivity index (χ1) is 19.1. The van der Waals surface area contributed by atoms with Crippen molar-refractivity contribution in [2.45, 2.75) is 50.2 Å². The highest BCUT2D eigenvalue weighted by molar-refractivity contribution is 6.71. The lowest BCUT2D eigenvalue weighted by Crippen LogP contribution is -2.46. The van der Waals surface area contributed by atoms with E-state index < -0.39 is 20.0 Å². The highest BCUT2D eigenvalue weighted by Crippen LogP contribution is 2.60. The maximum absolute atomic E-state index is 14.4. The third-order valence-electron chi connectivity index (χ3n) is 8.29. The van der Waals surface area contributed by atoms with E-state index in [2.05, 4.69) is 0 Å². The summed E-state index contributed by atoms with van der Waals surface area (Å²) in [5.41, 5.74) is 1.20. The summed E-state index contributed by atoms with van der Waals surface area (Å²) in [6.45, 7) is 5.89. The number of pyridine rings is 1. The molecule has 1 spiro atoms. The number of aromatic nitrogens is 1. The molecule has 2 aliphatic rings. The Labute approximate surface area is 234 Å². The fourth-order valence-corrected chi connectivity index (χ4v) is 9.12. The Balaban J connectivity index is 1.53. The predicted octanol–water partition coefficient (Wildman–Crippen LogP) is 3.58. The lowest BCUT2D eigenvalue weighted by atomic mass is 9.82. The number of aliphatic hydroxyl groups is 1. The van der Waals surface area contributed by atoms with Gasteiger partial charge in [-0.1, -0.05) is 19.1 Å². The molecule has 4 atom stereocenters. The number of aliphatic hydroxyl groups excluding tert-OH is 1. The minimum atomic E-state index is -2.78. The molecule has 1 amide bonds. The lowest BCUT2D eigenvalue weighted by molar-refractivity contribution is -0.146. The first-order valence-electron chi connectivity index (χ1n) is 13.4. The molecule has 212 valence electrons. The molecule has 0 radical (unpaired) electrons. The molecule has 1 aromatic heterocycles. The van der Waals surface area contributed by atoms with Crippen LogP contribution in [0.15, 0.2) is 65.6 Å². The number of rotatable bonds is 8. The number of anilines is 1. The SMILES string of the molecule is COc1ccc2c(c1)[C@]1(O[C@@H](CCO)[C@H]([Si](C)(C)O)[C@H]1C)C(=O)N2Cc1ccc(-n2cccc(OC)c2=O)cc1. The third-order valence-corrected chi connectivity index (χ3v) is 10.8. The molecule has 0 bridgehead atoms. The fourth-order valence-electron chi connectivity index (χ4n) is 6.52. The summed E-state index contributed by atoms with van der Waals surface area (Å²) < 4.78 is 18.8. The summed E-state index contributed by atoms with van der Waals surface area (Å²) in [6, 6.07) is 16.4. The van der Waals surface area contributed by atoms with Crippen LogP contribution in [0.3, 0.4) is 0 Å². The van der Waals surface area contributed by atoms with Crippen LogP contribution in [0.2, 0.25) is 18.6 Å². The number of carbonyl (C=O) groups is 1. The van der Waals surface area contributed by atoms with Gasteiger partial charge in [0.15, 0.2) is 19.7 Å². The van der Waals surface area contributed by atoms with E-state index >= 15 is 0 Å². The summed E-state index contributed by atoms with van der Waals surface area (Å²) in [5.74, 6) is 0.352. The van der Waals surface area contributed by atoms with Crippen molar-refractivity contribution in [3.05, 3.63) is 82.3 Å². The summed E-state index contributed by atoms with van der Waals surface area (Å²) in [4.78, 5) is 40.0. The molecule has 0 aliphatic carbocycles. The Morgan fingerprint density at radius 2 is 1.77 bits per heavy atom. The molecule has 9 nitrogen and oxygen atoms in total. The van der Waals surface area contributed by atoms with Gasteiger partial charge < -0.3 is 29.0 Å². The van der Waals surface area contributed by atoms with E-state index in [1.54, 1.807) is 30.3 Å².